The molecule has 0 radical (unpaired) electrons. The highest BCUT2D eigenvalue weighted by molar-refractivity contribution is 7.89. The van der Waals surface area contributed by atoms with E-state index in [9.17, 15) is 8.42 Å². The fraction of sp³-hybridized carbons (Fsp3) is 0.500. The molecule has 2 aromatic rings. The van der Waals surface area contributed by atoms with Crippen LogP contribution in [-0.4, -0.2) is 36.5 Å². The number of hydrogen-bond acceptors (Lipinski definition) is 5. The predicted octanol–water partition coefficient (Wildman–Crippen LogP) is 2.47. The molecule has 0 aliphatic carbocycles. The summed E-state index contributed by atoms with van der Waals surface area (Å²) in [6.07, 6.45) is 1.65. The van der Waals surface area contributed by atoms with E-state index in [-0.39, 0.29) is 0 Å². The Balaban J connectivity index is 2.39. The molecule has 0 saturated heterocycles. The van der Waals surface area contributed by atoms with Gasteiger partial charge in [-0.25, -0.2) is 12.7 Å². The Morgan fingerprint density at radius 3 is 2.00 bits per heavy atom. The summed E-state index contributed by atoms with van der Waals surface area (Å²) in [6.45, 7) is 10.0. The molecule has 7 heteroatoms. The van der Waals surface area contributed by atoms with E-state index in [0.29, 0.717) is 23.7 Å². The van der Waals surface area contributed by atoms with Gasteiger partial charge in [0.25, 0.3) is 0 Å². The Hall–Kier alpha value is -1.73. The Kier molecular flexibility index (Phi) is 4.91. The molecule has 1 heterocycles. The Morgan fingerprint density at radius 1 is 1.00 bits per heavy atom. The third kappa shape index (κ3) is 3.16. The molecule has 1 aromatic heterocycles. The van der Waals surface area contributed by atoms with Crippen LogP contribution in [0.4, 0.5) is 0 Å². The molecule has 0 unspecified atom stereocenters. The van der Waals surface area contributed by atoms with Gasteiger partial charge in [0.15, 0.2) is 5.82 Å². The van der Waals surface area contributed by atoms with Crippen LogP contribution in [-0.2, 0) is 16.4 Å². The molecule has 0 atom stereocenters. The van der Waals surface area contributed by atoms with Gasteiger partial charge in [-0.3, -0.25) is 0 Å². The minimum absolute atomic E-state index is 0.298. The lowest BCUT2D eigenvalue weighted by molar-refractivity contribution is 0.404. The summed E-state index contributed by atoms with van der Waals surface area (Å²) in [6, 6.07) is 0. The van der Waals surface area contributed by atoms with Crippen molar-refractivity contribution in [3.63, 3.8) is 0 Å². The fourth-order valence-corrected chi connectivity index (χ4v) is 4.41. The SMILES string of the molecule is Cc1c(C)c(C)c(S(=O)(=O)N(C)CCc2ncon2)c(C)c1C. The van der Waals surface area contributed by atoms with E-state index in [1.165, 1.54) is 10.7 Å². The third-order valence-electron chi connectivity index (χ3n) is 4.66. The first kappa shape index (κ1) is 17.6. The third-order valence-corrected chi connectivity index (χ3v) is 6.79. The maximum Gasteiger partial charge on any atom is 0.243 e. The van der Waals surface area contributed by atoms with Gasteiger partial charge in [0.2, 0.25) is 16.4 Å². The molecule has 0 bridgehead atoms. The van der Waals surface area contributed by atoms with Gasteiger partial charge in [0.05, 0.1) is 4.90 Å². The number of aromatic nitrogens is 2. The lowest BCUT2D eigenvalue weighted by atomic mass is 9.95. The zero-order valence-corrected chi connectivity index (χ0v) is 15.3. The van der Waals surface area contributed by atoms with E-state index in [0.717, 1.165) is 27.8 Å². The van der Waals surface area contributed by atoms with Crippen LogP contribution in [0, 0.1) is 34.6 Å². The van der Waals surface area contributed by atoms with Gasteiger partial charge < -0.3 is 4.52 Å². The van der Waals surface area contributed by atoms with E-state index in [1.54, 1.807) is 7.05 Å². The Bertz CT molecular complexity index is 783. The van der Waals surface area contributed by atoms with Crippen LogP contribution in [0.1, 0.15) is 33.6 Å². The first-order valence-corrected chi connectivity index (χ1v) is 8.90. The minimum atomic E-state index is -3.57. The molecule has 0 aliphatic heterocycles. The molecule has 2 rings (SSSR count). The van der Waals surface area contributed by atoms with Crippen molar-refractivity contribution >= 4 is 10.0 Å². The highest BCUT2D eigenvalue weighted by atomic mass is 32.2. The van der Waals surface area contributed by atoms with Gasteiger partial charge in [0.1, 0.15) is 0 Å². The van der Waals surface area contributed by atoms with E-state index >= 15 is 0 Å². The van der Waals surface area contributed by atoms with Crippen LogP contribution >= 0.6 is 0 Å². The zero-order valence-electron chi connectivity index (χ0n) is 14.5. The van der Waals surface area contributed by atoms with Crippen LogP contribution in [0.3, 0.4) is 0 Å². The summed E-state index contributed by atoms with van der Waals surface area (Å²) in [5.74, 6) is 0.497. The van der Waals surface area contributed by atoms with E-state index in [4.69, 9.17) is 0 Å². The number of benzene rings is 1. The van der Waals surface area contributed by atoms with Crippen LogP contribution in [0.15, 0.2) is 15.8 Å². The van der Waals surface area contributed by atoms with Crippen molar-refractivity contribution < 1.29 is 12.9 Å². The fourth-order valence-electron chi connectivity index (χ4n) is 2.69. The van der Waals surface area contributed by atoms with Gasteiger partial charge in [-0.15, -0.1) is 0 Å². The zero-order chi connectivity index (χ0) is 17.4. The first-order valence-electron chi connectivity index (χ1n) is 7.46. The van der Waals surface area contributed by atoms with Gasteiger partial charge in [0, 0.05) is 20.0 Å². The maximum absolute atomic E-state index is 13.0. The van der Waals surface area contributed by atoms with Gasteiger partial charge in [-0.2, -0.15) is 4.98 Å². The van der Waals surface area contributed by atoms with E-state index < -0.39 is 10.0 Å². The number of nitrogens with zero attached hydrogens (tertiary/aromatic N) is 3. The van der Waals surface area contributed by atoms with Crippen molar-refractivity contribution in [3.05, 3.63) is 40.0 Å². The molecule has 23 heavy (non-hydrogen) atoms. The molecule has 126 valence electrons. The quantitative estimate of drug-likeness (QED) is 0.838. The molecule has 6 nitrogen and oxygen atoms in total. The summed E-state index contributed by atoms with van der Waals surface area (Å²) in [4.78, 5) is 4.33. The summed E-state index contributed by atoms with van der Waals surface area (Å²) in [5.41, 5.74) is 4.83. The monoisotopic (exact) mass is 337 g/mol. The minimum Gasteiger partial charge on any atom is -0.343 e. The van der Waals surface area contributed by atoms with Crippen LogP contribution < -0.4 is 0 Å². The molecule has 0 aliphatic rings. The lowest BCUT2D eigenvalue weighted by Gasteiger charge is -2.23. The van der Waals surface area contributed by atoms with Crippen LogP contribution in [0.5, 0.6) is 0 Å². The highest BCUT2D eigenvalue weighted by Crippen LogP contribution is 2.31. The molecule has 0 spiro atoms. The topological polar surface area (TPSA) is 76.3 Å². The summed E-state index contributed by atoms with van der Waals surface area (Å²) < 4.78 is 32.0. The molecular weight excluding hydrogens is 314 g/mol. The molecule has 0 N–H and O–H groups in total. The highest BCUT2D eigenvalue weighted by Gasteiger charge is 2.27. The molecule has 1 aromatic carbocycles. The summed E-state index contributed by atoms with van der Waals surface area (Å²) in [5, 5.41) is 3.71. The molecule has 0 saturated carbocycles. The van der Waals surface area contributed by atoms with Gasteiger partial charge in [-0.05, 0) is 62.4 Å². The maximum atomic E-state index is 13.0. The second kappa shape index (κ2) is 6.41. The Morgan fingerprint density at radius 2 is 1.52 bits per heavy atom. The summed E-state index contributed by atoms with van der Waals surface area (Å²) >= 11 is 0. The lowest BCUT2D eigenvalue weighted by Crippen LogP contribution is -2.30. The van der Waals surface area contributed by atoms with E-state index in [2.05, 4.69) is 14.7 Å². The van der Waals surface area contributed by atoms with E-state index in [1.807, 2.05) is 34.6 Å². The van der Waals surface area contributed by atoms with Gasteiger partial charge in [-0.1, -0.05) is 5.16 Å². The van der Waals surface area contributed by atoms with Gasteiger partial charge >= 0.3 is 0 Å². The van der Waals surface area contributed by atoms with Crippen molar-refractivity contribution in [2.24, 2.45) is 0 Å². The standard InChI is InChI=1S/C16H23N3O3S/c1-10-11(2)13(4)16(14(5)12(10)3)23(20,21)19(6)8-7-15-17-9-22-18-15/h9H,7-8H2,1-6H3. The normalized spacial score (nSPS) is 12.1. The number of rotatable bonds is 5. The van der Waals surface area contributed by atoms with Crippen LogP contribution in [0.2, 0.25) is 0 Å². The largest absolute Gasteiger partial charge is 0.343 e. The molecule has 0 amide bonds. The van der Waals surface area contributed by atoms with Crippen molar-refractivity contribution in [2.45, 2.75) is 45.9 Å². The number of hydrogen-bond donors (Lipinski definition) is 0. The summed E-state index contributed by atoms with van der Waals surface area (Å²) in [7, 11) is -1.99. The number of likely N-dealkylation sites (N-methyl/N-ethyl adjacent to an activating group) is 1. The van der Waals surface area contributed by atoms with Crippen molar-refractivity contribution in [2.75, 3.05) is 13.6 Å². The number of sulfonamides is 1. The predicted molar refractivity (Wildman–Crippen MR) is 87.9 cm³/mol. The van der Waals surface area contributed by atoms with Crippen molar-refractivity contribution in [1.29, 1.82) is 0 Å². The average Bonchev–Trinajstić information content (AvgIpc) is 3.01. The second-order valence-corrected chi connectivity index (χ2v) is 7.86. The molecular formula is C16H23N3O3S. The average molecular weight is 337 g/mol. The van der Waals surface area contributed by atoms with Crippen molar-refractivity contribution in [1.82, 2.24) is 14.4 Å². The van der Waals surface area contributed by atoms with Crippen molar-refractivity contribution in [3.8, 4) is 0 Å². The second-order valence-electron chi connectivity index (χ2n) is 5.88. The van der Waals surface area contributed by atoms with Crippen LogP contribution in [0.25, 0.3) is 0 Å². The Labute approximate surface area is 137 Å². The first-order chi connectivity index (χ1) is 10.7. The molecule has 0 fully saturated rings. The smallest absolute Gasteiger partial charge is 0.243 e.